The zero-order chi connectivity index (χ0) is 34.8. The molecule has 0 aromatic heterocycles. The molecule has 2 unspecified atom stereocenters. The minimum Gasteiger partial charge on any atom is -0.456 e. The summed E-state index contributed by atoms with van der Waals surface area (Å²) in [5, 5.41) is -1.97. The summed E-state index contributed by atoms with van der Waals surface area (Å²) in [7, 11) is 8.34. The molecular formula is C44H40O3Si2. The molecule has 3 nitrogen and oxygen atoms in total. The van der Waals surface area contributed by atoms with Crippen LogP contribution in [0.5, 0.6) is 23.0 Å². The van der Waals surface area contributed by atoms with E-state index in [2.05, 4.69) is 123 Å². The minimum absolute atomic E-state index is 0.773. The lowest BCUT2D eigenvalue weighted by molar-refractivity contribution is -0.0550. The lowest BCUT2D eigenvalue weighted by atomic mass is 9.89. The van der Waals surface area contributed by atoms with Crippen LogP contribution in [-0.2, 0) is 15.2 Å². The van der Waals surface area contributed by atoms with Gasteiger partial charge in [-0.25, -0.2) is 0 Å². The van der Waals surface area contributed by atoms with Gasteiger partial charge in [0, 0.05) is 11.1 Å². The second-order valence-electron chi connectivity index (χ2n) is 12.9. The quantitative estimate of drug-likeness (QED) is 0.136. The molecule has 242 valence electrons. The van der Waals surface area contributed by atoms with Crippen molar-refractivity contribution in [3.8, 4) is 45.3 Å². The van der Waals surface area contributed by atoms with Crippen LogP contribution < -0.4 is 9.47 Å². The molecule has 0 amide bonds. The van der Waals surface area contributed by atoms with Crippen molar-refractivity contribution >= 4 is 20.5 Å². The molecule has 0 aliphatic carbocycles. The van der Waals surface area contributed by atoms with Crippen LogP contribution in [0, 0.1) is 27.7 Å². The summed E-state index contributed by atoms with van der Waals surface area (Å²) in [6.45, 7) is 12.6. The standard InChI is InChI=1S/C44H40O3Si2/c1-29-27-37(39(33-19-11-7-12-20-33)41(31(29)3)45-35-23-15-9-16-24-35)43(5,48)47-44(6,49)38-28-30(2)32(4)42(46-36-25-17-10-18-26-36)40(38)34-21-13-8-14-22-34/h7-28H,1-6H3. The highest BCUT2D eigenvalue weighted by Gasteiger charge is 2.38. The Kier molecular flexibility index (Phi) is 9.80. The second kappa shape index (κ2) is 14.0. The zero-order valence-corrected chi connectivity index (χ0v) is 30.9. The molecule has 6 rings (SSSR count). The van der Waals surface area contributed by atoms with Gasteiger partial charge in [-0.15, -0.1) is 0 Å². The Bertz CT molecular complexity index is 1910. The van der Waals surface area contributed by atoms with Crippen molar-refractivity contribution in [1.29, 1.82) is 0 Å². The fourth-order valence-electron chi connectivity index (χ4n) is 6.29. The number of hydrogen-bond donors (Lipinski definition) is 0. The van der Waals surface area contributed by atoms with E-state index in [1.807, 2.05) is 72.8 Å². The minimum atomic E-state index is -0.984. The monoisotopic (exact) mass is 672 g/mol. The zero-order valence-electron chi connectivity index (χ0n) is 28.9. The third-order valence-corrected chi connectivity index (χ3v) is 9.81. The van der Waals surface area contributed by atoms with Crippen molar-refractivity contribution < 1.29 is 14.2 Å². The first-order chi connectivity index (χ1) is 23.5. The molecule has 0 saturated heterocycles. The van der Waals surface area contributed by atoms with Crippen LogP contribution >= 0.6 is 0 Å². The first-order valence-electron chi connectivity index (χ1n) is 16.5. The van der Waals surface area contributed by atoms with Gasteiger partial charge < -0.3 is 14.2 Å². The third-order valence-electron chi connectivity index (χ3n) is 9.07. The van der Waals surface area contributed by atoms with E-state index in [0.29, 0.717) is 0 Å². The Morgan fingerprint density at radius 1 is 0.449 bits per heavy atom. The van der Waals surface area contributed by atoms with Crippen LogP contribution in [0.15, 0.2) is 133 Å². The first-order valence-corrected chi connectivity index (χ1v) is 17.5. The van der Waals surface area contributed by atoms with E-state index in [-0.39, 0.29) is 0 Å². The van der Waals surface area contributed by atoms with Gasteiger partial charge in [0.25, 0.3) is 0 Å². The molecule has 2 atom stereocenters. The summed E-state index contributed by atoms with van der Waals surface area (Å²) >= 11 is 0. The number of aryl methyl sites for hydroxylation is 2. The average molecular weight is 673 g/mol. The molecule has 0 heterocycles. The number of ether oxygens (including phenoxy) is 3. The maximum absolute atomic E-state index is 7.24. The van der Waals surface area contributed by atoms with Gasteiger partial charge in [-0.2, -0.15) is 0 Å². The Hall–Kier alpha value is -4.69. The van der Waals surface area contributed by atoms with Crippen molar-refractivity contribution in [2.75, 3.05) is 0 Å². The van der Waals surface area contributed by atoms with Crippen LogP contribution in [0.1, 0.15) is 47.2 Å². The Morgan fingerprint density at radius 2 is 0.755 bits per heavy atom. The van der Waals surface area contributed by atoms with Gasteiger partial charge in [0.15, 0.2) is 0 Å². The van der Waals surface area contributed by atoms with Crippen LogP contribution in [0.2, 0.25) is 0 Å². The van der Waals surface area contributed by atoms with Gasteiger partial charge in [-0.05, 0) is 110 Å². The Morgan fingerprint density at radius 3 is 1.08 bits per heavy atom. The molecule has 6 radical (unpaired) electrons. The molecule has 0 N–H and O–H groups in total. The molecule has 0 fully saturated rings. The van der Waals surface area contributed by atoms with Crippen LogP contribution in [0.4, 0.5) is 0 Å². The fraction of sp³-hybridized carbons (Fsp3) is 0.182. The van der Waals surface area contributed by atoms with Crippen molar-refractivity contribution in [3.05, 3.63) is 167 Å². The molecule has 0 spiro atoms. The smallest absolute Gasteiger partial charge is 0.138 e. The number of rotatable bonds is 10. The van der Waals surface area contributed by atoms with Gasteiger partial charge in [-0.3, -0.25) is 0 Å². The normalized spacial score (nSPS) is 13.7. The largest absolute Gasteiger partial charge is 0.456 e. The summed E-state index contributed by atoms with van der Waals surface area (Å²) in [4.78, 5) is 0. The highest BCUT2D eigenvalue weighted by molar-refractivity contribution is 6.18. The van der Waals surface area contributed by atoms with Crippen molar-refractivity contribution in [2.45, 2.75) is 52.0 Å². The SMILES string of the molecule is Cc1cc(C(C)([Si])OC(C)([Si])c2cc(C)c(C)c(Oc3ccccc3)c2-c2ccccc2)c(-c2ccccc2)c(Oc2ccccc2)c1C. The van der Waals surface area contributed by atoms with Crippen LogP contribution in [0.3, 0.4) is 0 Å². The predicted octanol–water partition coefficient (Wildman–Crippen LogP) is 11.2. The van der Waals surface area contributed by atoms with Crippen molar-refractivity contribution in [2.24, 2.45) is 0 Å². The highest BCUT2D eigenvalue weighted by atomic mass is 28.2. The van der Waals surface area contributed by atoms with Gasteiger partial charge in [0.05, 0.1) is 30.9 Å². The summed E-state index contributed by atoms with van der Waals surface area (Å²) in [5.74, 6) is 3.14. The van der Waals surface area contributed by atoms with E-state index in [1.165, 1.54) is 0 Å². The lowest BCUT2D eigenvalue weighted by Crippen LogP contribution is -2.39. The third kappa shape index (κ3) is 7.20. The molecule has 6 aromatic rings. The number of benzene rings is 6. The van der Waals surface area contributed by atoms with Crippen LogP contribution in [0.25, 0.3) is 22.3 Å². The van der Waals surface area contributed by atoms with Crippen LogP contribution in [-0.4, -0.2) is 20.5 Å². The Labute approximate surface area is 297 Å². The van der Waals surface area contributed by atoms with E-state index in [0.717, 1.165) is 78.6 Å². The summed E-state index contributed by atoms with van der Waals surface area (Å²) in [6, 6.07) is 45.0. The maximum atomic E-state index is 7.24. The lowest BCUT2D eigenvalue weighted by Gasteiger charge is -2.40. The molecule has 5 heteroatoms. The molecular weight excluding hydrogens is 633 g/mol. The maximum Gasteiger partial charge on any atom is 0.138 e. The number of hydrogen-bond acceptors (Lipinski definition) is 3. The first kappa shape index (κ1) is 34.2. The number of para-hydroxylation sites is 2. The van der Waals surface area contributed by atoms with Gasteiger partial charge in [-0.1, -0.05) is 109 Å². The molecule has 0 aliphatic heterocycles. The van der Waals surface area contributed by atoms with Gasteiger partial charge >= 0.3 is 0 Å². The topological polar surface area (TPSA) is 27.7 Å². The van der Waals surface area contributed by atoms with E-state index >= 15 is 0 Å². The fourth-order valence-corrected chi connectivity index (χ4v) is 7.20. The summed E-state index contributed by atoms with van der Waals surface area (Å²) < 4.78 is 20.6. The van der Waals surface area contributed by atoms with Gasteiger partial charge in [0.1, 0.15) is 23.0 Å². The molecule has 0 saturated carbocycles. The average Bonchev–Trinajstić information content (AvgIpc) is 3.10. The van der Waals surface area contributed by atoms with E-state index in [9.17, 15) is 0 Å². The molecule has 0 bridgehead atoms. The molecule has 6 aromatic carbocycles. The van der Waals surface area contributed by atoms with Gasteiger partial charge in [0.2, 0.25) is 0 Å². The van der Waals surface area contributed by atoms with Crippen molar-refractivity contribution in [3.63, 3.8) is 0 Å². The summed E-state index contributed by atoms with van der Waals surface area (Å²) in [5.41, 5.74) is 10.2. The summed E-state index contributed by atoms with van der Waals surface area (Å²) in [6.07, 6.45) is 0. The highest BCUT2D eigenvalue weighted by Crippen LogP contribution is 2.49. The van der Waals surface area contributed by atoms with E-state index < -0.39 is 10.4 Å². The predicted molar refractivity (Wildman–Crippen MR) is 203 cm³/mol. The molecule has 49 heavy (non-hydrogen) atoms. The molecule has 0 aliphatic rings. The van der Waals surface area contributed by atoms with E-state index in [4.69, 9.17) is 14.2 Å². The second-order valence-corrected chi connectivity index (χ2v) is 14.8. The Balaban J connectivity index is 1.53. The van der Waals surface area contributed by atoms with Crippen molar-refractivity contribution in [1.82, 2.24) is 0 Å². The van der Waals surface area contributed by atoms with E-state index in [1.54, 1.807) is 0 Å².